The maximum Gasteiger partial charge on any atom is 0.235 e. The highest BCUT2D eigenvalue weighted by Gasteiger charge is 2.04. The fourth-order valence-corrected chi connectivity index (χ4v) is 1.54. The number of rotatable bonds is 3. The Morgan fingerprint density at radius 3 is 3.12 bits per heavy atom. The zero-order chi connectivity index (χ0) is 11.5. The van der Waals surface area contributed by atoms with Crippen LogP contribution in [0, 0.1) is 6.92 Å². The molecule has 0 aliphatic rings. The molecular weight excluding hydrogens is 228 g/mol. The number of fused-ring (bicyclic) bond motifs is 1. The Labute approximate surface area is 97.6 Å². The molecule has 84 valence electrons. The van der Waals surface area contributed by atoms with Crippen molar-refractivity contribution < 1.29 is 9.21 Å². The quantitative estimate of drug-likeness (QED) is 0.832. The van der Waals surface area contributed by atoms with Crippen LogP contribution in [0.1, 0.15) is 11.5 Å². The van der Waals surface area contributed by atoms with Crippen molar-refractivity contribution in [2.75, 3.05) is 5.88 Å². The van der Waals surface area contributed by atoms with E-state index in [4.69, 9.17) is 16.0 Å². The molecule has 16 heavy (non-hydrogen) atoms. The first-order chi connectivity index (χ1) is 7.69. The number of halogens is 1. The van der Waals surface area contributed by atoms with Crippen LogP contribution >= 0.6 is 11.6 Å². The van der Waals surface area contributed by atoms with Gasteiger partial charge in [-0.25, -0.2) is 4.98 Å². The lowest BCUT2D eigenvalue weighted by Crippen LogP contribution is -2.23. The van der Waals surface area contributed by atoms with E-state index in [-0.39, 0.29) is 11.8 Å². The molecule has 2 aromatic rings. The molecule has 0 saturated heterocycles. The summed E-state index contributed by atoms with van der Waals surface area (Å²) in [5, 5.41) is 2.69. The van der Waals surface area contributed by atoms with E-state index in [0.29, 0.717) is 12.4 Å². The number of nitrogens with zero attached hydrogens (tertiary/aromatic N) is 1. The predicted molar refractivity (Wildman–Crippen MR) is 61.3 cm³/mol. The second-order valence-corrected chi connectivity index (χ2v) is 3.71. The molecule has 0 bridgehead atoms. The highest BCUT2D eigenvalue weighted by Crippen LogP contribution is 2.16. The number of amides is 1. The molecule has 1 N–H and O–H groups in total. The fraction of sp³-hybridized carbons (Fsp3) is 0.273. The van der Waals surface area contributed by atoms with Crippen LogP contribution in [0.15, 0.2) is 22.6 Å². The zero-order valence-corrected chi connectivity index (χ0v) is 9.54. The van der Waals surface area contributed by atoms with E-state index in [9.17, 15) is 4.79 Å². The number of carbonyl (C=O) groups is 1. The van der Waals surface area contributed by atoms with E-state index in [0.717, 1.165) is 16.7 Å². The lowest BCUT2D eigenvalue weighted by Gasteiger charge is -2.02. The maximum atomic E-state index is 11.0. The monoisotopic (exact) mass is 238 g/mol. The first-order valence-electron chi connectivity index (χ1n) is 4.88. The van der Waals surface area contributed by atoms with Crippen molar-refractivity contribution in [3.63, 3.8) is 0 Å². The van der Waals surface area contributed by atoms with E-state index in [1.165, 1.54) is 0 Å². The predicted octanol–water partition coefficient (Wildman–Crippen LogP) is 1.99. The van der Waals surface area contributed by atoms with Crippen LogP contribution in [-0.4, -0.2) is 16.8 Å². The summed E-state index contributed by atoms with van der Waals surface area (Å²) in [5.74, 6) is 0.427. The average Bonchev–Trinajstić information content (AvgIpc) is 2.65. The van der Waals surface area contributed by atoms with Gasteiger partial charge in [0.2, 0.25) is 5.91 Å². The van der Waals surface area contributed by atoms with Crippen LogP contribution in [0.25, 0.3) is 11.1 Å². The number of hydrogen-bond acceptors (Lipinski definition) is 3. The van der Waals surface area contributed by atoms with E-state index in [1.54, 1.807) is 6.92 Å². The molecule has 1 aromatic carbocycles. The molecule has 0 radical (unpaired) electrons. The van der Waals surface area contributed by atoms with Crippen LogP contribution in [-0.2, 0) is 11.3 Å². The van der Waals surface area contributed by atoms with Gasteiger partial charge < -0.3 is 9.73 Å². The number of aryl methyl sites for hydroxylation is 1. The number of hydrogen-bond donors (Lipinski definition) is 1. The summed E-state index contributed by atoms with van der Waals surface area (Å²) < 4.78 is 5.39. The summed E-state index contributed by atoms with van der Waals surface area (Å²) >= 11 is 5.38. The van der Waals surface area contributed by atoms with Gasteiger partial charge >= 0.3 is 0 Å². The molecule has 0 saturated carbocycles. The zero-order valence-electron chi connectivity index (χ0n) is 8.79. The standard InChI is InChI=1S/C11H11ClN2O2/c1-7-14-9-3-2-8(4-10(9)16-7)6-13-11(15)5-12/h2-4H,5-6H2,1H3,(H,13,15). The molecule has 0 atom stereocenters. The van der Waals surface area contributed by atoms with Gasteiger partial charge in [0.05, 0.1) is 0 Å². The third-order valence-electron chi connectivity index (χ3n) is 2.17. The molecule has 1 heterocycles. The van der Waals surface area contributed by atoms with Gasteiger partial charge in [-0.2, -0.15) is 0 Å². The molecule has 0 aliphatic carbocycles. The normalized spacial score (nSPS) is 10.6. The van der Waals surface area contributed by atoms with Gasteiger partial charge in [0.25, 0.3) is 0 Å². The molecule has 0 fully saturated rings. The topological polar surface area (TPSA) is 55.1 Å². The second kappa shape index (κ2) is 4.53. The summed E-state index contributed by atoms with van der Waals surface area (Å²) in [6.45, 7) is 2.25. The summed E-state index contributed by atoms with van der Waals surface area (Å²) in [4.78, 5) is 15.2. The Bertz CT molecular complexity index is 522. The van der Waals surface area contributed by atoms with Gasteiger partial charge in [-0.15, -0.1) is 11.6 Å². The van der Waals surface area contributed by atoms with Crippen molar-refractivity contribution >= 4 is 28.6 Å². The van der Waals surface area contributed by atoms with Gasteiger partial charge in [0.1, 0.15) is 11.4 Å². The van der Waals surface area contributed by atoms with E-state index < -0.39 is 0 Å². The lowest BCUT2D eigenvalue weighted by molar-refractivity contribution is -0.118. The molecule has 2 rings (SSSR count). The number of alkyl halides is 1. The molecule has 5 heteroatoms. The fourth-order valence-electron chi connectivity index (χ4n) is 1.44. The average molecular weight is 239 g/mol. The Balaban J connectivity index is 2.16. The van der Waals surface area contributed by atoms with Crippen molar-refractivity contribution in [1.82, 2.24) is 10.3 Å². The van der Waals surface area contributed by atoms with Gasteiger partial charge in [-0.1, -0.05) is 6.07 Å². The summed E-state index contributed by atoms with van der Waals surface area (Å²) in [7, 11) is 0. The van der Waals surface area contributed by atoms with E-state index in [1.807, 2.05) is 18.2 Å². The van der Waals surface area contributed by atoms with Crippen molar-refractivity contribution in [2.24, 2.45) is 0 Å². The second-order valence-electron chi connectivity index (χ2n) is 3.45. The third-order valence-corrected chi connectivity index (χ3v) is 2.41. The minimum absolute atomic E-state index is 0.0241. The minimum atomic E-state index is -0.185. The number of oxazole rings is 1. The highest BCUT2D eigenvalue weighted by atomic mass is 35.5. The molecule has 1 aromatic heterocycles. The number of aromatic nitrogens is 1. The van der Waals surface area contributed by atoms with Gasteiger partial charge in [-0.3, -0.25) is 4.79 Å². The first kappa shape index (κ1) is 11.0. The SMILES string of the molecule is Cc1nc2ccc(CNC(=O)CCl)cc2o1. The van der Waals surface area contributed by atoms with E-state index in [2.05, 4.69) is 10.3 Å². The van der Waals surface area contributed by atoms with Crippen molar-refractivity contribution in [3.8, 4) is 0 Å². The van der Waals surface area contributed by atoms with E-state index >= 15 is 0 Å². The maximum absolute atomic E-state index is 11.0. The number of carbonyl (C=O) groups excluding carboxylic acids is 1. The smallest absolute Gasteiger partial charge is 0.235 e. The van der Waals surface area contributed by atoms with Gasteiger partial charge in [0.15, 0.2) is 11.5 Å². The summed E-state index contributed by atoms with van der Waals surface area (Å²) in [5.41, 5.74) is 2.52. The van der Waals surface area contributed by atoms with Crippen LogP contribution < -0.4 is 5.32 Å². The number of nitrogens with one attached hydrogen (secondary N) is 1. The van der Waals surface area contributed by atoms with Crippen molar-refractivity contribution in [1.29, 1.82) is 0 Å². The molecule has 4 nitrogen and oxygen atoms in total. The van der Waals surface area contributed by atoms with Crippen molar-refractivity contribution in [3.05, 3.63) is 29.7 Å². The Hall–Kier alpha value is -1.55. The largest absolute Gasteiger partial charge is 0.441 e. The third kappa shape index (κ3) is 2.33. The Kier molecular flexibility index (Phi) is 3.10. The molecular formula is C11H11ClN2O2. The van der Waals surface area contributed by atoms with Crippen LogP contribution in [0.4, 0.5) is 0 Å². The Morgan fingerprint density at radius 1 is 1.56 bits per heavy atom. The van der Waals surface area contributed by atoms with Crippen molar-refractivity contribution in [2.45, 2.75) is 13.5 Å². The Morgan fingerprint density at radius 2 is 2.38 bits per heavy atom. The van der Waals surface area contributed by atoms with Gasteiger partial charge in [0, 0.05) is 13.5 Å². The summed E-state index contributed by atoms with van der Waals surface area (Å²) in [6.07, 6.45) is 0. The first-order valence-corrected chi connectivity index (χ1v) is 5.41. The highest BCUT2D eigenvalue weighted by molar-refractivity contribution is 6.27. The number of benzene rings is 1. The summed E-state index contributed by atoms with van der Waals surface area (Å²) in [6, 6.07) is 5.64. The van der Waals surface area contributed by atoms with Crippen LogP contribution in [0.2, 0.25) is 0 Å². The van der Waals surface area contributed by atoms with Gasteiger partial charge in [-0.05, 0) is 17.7 Å². The molecule has 0 spiro atoms. The molecule has 0 aliphatic heterocycles. The minimum Gasteiger partial charge on any atom is -0.441 e. The molecule has 1 amide bonds. The van der Waals surface area contributed by atoms with Crippen LogP contribution in [0.3, 0.4) is 0 Å². The molecule has 0 unspecified atom stereocenters. The van der Waals surface area contributed by atoms with Crippen LogP contribution in [0.5, 0.6) is 0 Å². The lowest BCUT2D eigenvalue weighted by atomic mass is 10.2.